The van der Waals surface area contributed by atoms with E-state index in [0.717, 1.165) is 16.7 Å². The monoisotopic (exact) mass is 287 g/mol. The summed E-state index contributed by atoms with van der Waals surface area (Å²) in [5.74, 6) is -0.0657. The Morgan fingerprint density at radius 3 is 2.80 bits per heavy atom. The second kappa shape index (κ2) is 4.93. The van der Waals surface area contributed by atoms with Crippen molar-refractivity contribution in [2.75, 3.05) is 5.32 Å². The number of hydrogen-bond acceptors (Lipinski definition) is 2. The van der Waals surface area contributed by atoms with Gasteiger partial charge >= 0.3 is 0 Å². The summed E-state index contributed by atoms with van der Waals surface area (Å²) in [6.45, 7) is 1.98. The van der Waals surface area contributed by atoms with E-state index in [1.165, 1.54) is 0 Å². The van der Waals surface area contributed by atoms with Crippen LogP contribution in [0.2, 0.25) is 5.02 Å². The Morgan fingerprint density at radius 2 is 2.05 bits per heavy atom. The molecular weight excluding hydrogens is 274 g/mol. The molecule has 2 aromatic rings. The van der Waals surface area contributed by atoms with Gasteiger partial charge < -0.3 is 10.4 Å². The van der Waals surface area contributed by atoms with Crippen LogP contribution in [0.3, 0.4) is 0 Å². The standard InChI is InChI=1S/C16H14ClNO2/c1-9-3-2-4-10(5-9)16(20)12-6-11-8-14(19)18-15(11)13(17)7-12/h2-7,16,20H,8H2,1H3,(H,18,19). The fourth-order valence-electron chi connectivity index (χ4n) is 2.51. The molecule has 0 saturated carbocycles. The molecule has 0 bridgehead atoms. The Bertz CT molecular complexity index is 697. The number of halogens is 1. The van der Waals surface area contributed by atoms with E-state index in [-0.39, 0.29) is 5.91 Å². The van der Waals surface area contributed by atoms with Crippen LogP contribution in [0.5, 0.6) is 0 Å². The number of anilines is 1. The number of carbonyl (C=O) groups is 1. The highest BCUT2D eigenvalue weighted by atomic mass is 35.5. The van der Waals surface area contributed by atoms with E-state index in [0.29, 0.717) is 22.7 Å². The molecule has 3 nitrogen and oxygen atoms in total. The van der Waals surface area contributed by atoms with Crippen LogP contribution in [-0.2, 0) is 11.2 Å². The number of aliphatic hydroxyl groups is 1. The zero-order valence-electron chi connectivity index (χ0n) is 11.0. The quantitative estimate of drug-likeness (QED) is 0.891. The normalized spacial score (nSPS) is 14.8. The smallest absolute Gasteiger partial charge is 0.228 e. The second-order valence-corrected chi connectivity index (χ2v) is 5.49. The summed E-state index contributed by atoms with van der Waals surface area (Å²) < 4.78 is 0. The van der Waals surface area contributed by atoms with E-state index < -0.39 is 6.10 Å². The fourth-order valence-corrected chi connectivity index (χ4v) is 2.81. The Labute approximate surface area is 122 Å². The van der Waals surface area contributed by atoms with Gasteiger partial charge in [-0.05, 0) is 29.7 Å². The van der Waals surface area contributed by atoms with Crippen LogP contribution in [-0.4, -0.2) is 11.0 Å². The Hall–Kier alpha value is -1.84. The van der Waals surface area contributed by atoms with E-state index in [4.69, 9.17) is 11.6 Å². The minimum Gasteiger partial charge on any atom is -0.384 e. The second-order valence-electron chi connectivity index (χ2n) is 5.08. The van der Waals surface area contributed by atoms with Gasteiger partial charge in [-0.25, -0.2) is 0 Å². The van der Waals surface area contributed by atoms with Gasteiger partial charge in [0.1, 0.15) is 6.10 Å². The van der Waals surface area contributed by atoms with E-state index in [2.05, 4.69) is 5.32 Å². The largest absolute Gasteiger partial charge is 0.384 e. The molecule has 102 valence electrons. The molecule has 0 radical (unpaired) electrons. The number of carbonyl (C=O) groups excluding carboxylic acids is 1. The third-order valence-electron chi connectivity index (χ3n) is 3.48. The van der Waals surface area contributed by atoms with Gasteiger partial charge in [-0.15, -0.1) is 0 Å². The predicted molar refractivity (Wildman–Crippen MR) is 79.0 cm³/mol. The van der Waals surface area contributed by atoms with E-state index in [1.54, 1.807) is 6.07 Å². The van der Waals surface area contributed by atoms with Gasteiger partial charge in [-0.1, -0.05) is 47.5 Å². The summed E-state index contributed by atoms with van der Waals surface area (Å²) in [6, 6.07) is 11.3. The maximum atomic E-state index is 11.4. The van der Waals surface area contributed by atoms with Gasteiger partial charge in [0.15, 0.2) is 0 Å². The van der Waals surface area contributed by atoms with Crippen molar-refractivity contribution in [3.8, 4) is 0 Å². The van der Waals surface area contributed by atoms with Crippen LogP contribution < -0.4 is 5.32 Å². The number of hydrogen-bond donors (Lipinski definition) is 2. The number of aliphatic hydroxyl groups excluding tert-OH is 1. The van der Waals surface area contributed by atoms with Crippen molar-refractivity contribution < 1.29 is 9.90 Å². The average Bonchev–Trinajstić information content (AvgIpc) is 2.79. The molecule has 20 heavy (non-hydrogen) atoms. The molecule has 1 unspecified atom stereocenters. The molecule has 0 fully saturated rings. The highest BCUT2D eigenvalue weighted by Gasteiger charge is 2.23. The molecule has 0 aromatic heterocycles. The van der Waals surface area contributed by atoms with Crippen molar-refractivity contribution in [3.63, 3.8) is 0 Å². The number of aryl methyl sites for hydroxylation is 1. The number of fused-ring (bicyclic) bond motifs is 1. The lowest BCUT2D eigenvalue weighted by Crippen LogP contribution is -2.03. The van der Waals surface area contributed by atoms with Gasteiger partial charge in [-0.3, -0.25) is 4.79 Å². The average molecular weight is 288 g/mol. The van der Waals surface area contributed by atoms with Crippen molar-refractivity contribution in [1.82, 2.24) is 0 Å². The zero-order valence-corrected chi connectivity index (χ0v) is 11.7. The number of rotatable bonds is 2. The maximum Gasteiger partial charge on any atom is 0.228 e. The lowest BCUT2D eigenvalue weighted by Gasteiger charge is -2.14. The molecule has 3 rings (SSSR count). The molecule has 1 aliphatic rings. The first-order valence-electron chi connectivity index (χ1n) is 6.41. The van der Waals surface area contributed by atoms with E-state index in [9.17, 15) is 9.90 Å². The summed E-state index contributed by atoms with van der Waals surface area (Å²) >= 11 is 6.18. The van der Waals surface area contributed by atoms with Gasteiger partial charge in [0.25, 0.3) is 0 Å². The molecule has 4 heteroatoms. The first-order valence-corrected chi connectivity index (χ1v) is 6.79. The molecule has 1 atom stereocenters. The SMILES string of the molecule is Cc1cccc(C(O)c2cc(Cl)c3c(c2)CC(=O)N3)c1. The van der Waals surface area contributed by atoms with Crippen LogP contribution in [0.25, 0.3) is 0 Å². The first kappa shape index (κ1) is 13.2. The molecule has 1 heterocycles. The third kappa shape index (κ3) is 2.30. The van der Waals surface area contributed by atoms with E-state index in [1.807, 2.05) is 37.3 Å². The van der Waals surface area contributed by atoms with Crippen LogP contribution in [0.15, 0.2) is 36.4 Å². The van der Waals surface area contributed by atoms with Crippen molar-refractivity contribution in [1.29, 1.82) is 0 Å². The molecule has 2 aromatic carbocycles. The number of amides is 1. The molecule has 0 aliphatic carbocycles. The maximum absolute atomic E-state index is 11.4. The lowest BCUT2D eigenvalue weighted by atomic mass is 9.97. The van der Waals surface area contributed by atoms with Crippen LogP contribution in [0.1, 0.15) is 28.4 Å². The van der Waals surface area contributed by atoms with Gasteiger partial charge in [0.05, 0.1) is 17.1 Å². The Kier molecular flexibility index (Phi) is 3.24. The van der Waals surface area contributed by atoms with Crippen molar-refractivity contribution >= 4 is 23.2 Å². The number of benzene rings is 2. The summed E-state index contributed by atoms with van der Waals surface area (Å²) in [5.41, 5.74) is 4.11. The van der Waals surface area contributed by atoms with Crippen LogP contribution in [0, 0.1) is 6.92 Å². The van der Waals surface area contributed by atoms with E-state index >= 15 is 0 Å². The summed E-state index contributed by atoms with van der Waals surface area (Å²) in [7, 11) is 0. The lowest BCUT2D eigenvalue weighted by molar-refractivity contribution is -0.115. The molecular formula is C16H14ClNO2. The molecule has 0 saturated heterocycles. The van der Waals surface area contributed by atoms with Crippen molar-refractivity contribution in [2.45, 2.75) is 19.4 Å². The summed E-state index contributed by atoms with van der Waals surface area (Å²) in [6.07, 6.45) is -0.433. The summed E-state index contributed by atoms with van der Waals surface area (Å²) in [5, 5.41) is 13.7. The highest BCUT2D eigenvalue weighted by Crippen LogP contribution is 2.35. The highest BCUT2D eigenvalue weighted by molar-refractivity contribution is 6.34. The topological polar surface area (TPSA) is 49.3 Å². The third-order valence-corrected chi connectivity index (χ3v) is 3.78. The van der Waals surface area contributed by atoms with Crippen molar-refractivity contribution in [3.05, 3.63) is 63.7 Å². The Morgan fingerprint density at radius 1 is 1.25 bits per heavy atom. The fraction of sp³-hybridized carbons (Fsp3) is 0.188. The minimum absolute atomic E-state index is 0.0657. The molecule has 2 N–H and O–H groups in total. The molecule has 0 spiro atoms. The predicted octanol–water partition coefficient (Wildman–Crippen LogP) is 3.22. The zero-order chi connectivity index (χ0) is 14.3. The van der Waals surface area contributed by atoms with Crippen LogP contribution in [0.4, 0.5) is 5.69 Å². The molecule has 1 aliphatic heterocycles. The van der Waals surface area contributed by atoms with Gasteiger partial charge in [0.2, 0.25) is 5.91 Å². The summed E-state index contributed by atoms with van der Waals surface area (Å²) in [4.78, 5) is 11.4. The van der Waals surface area contributed by atoms with Gasteiger partial charge in [-0.2, -0.15) is 0 Å². The van der Waals surface area contributed by atoms with Crippen LogP contribution >= 0.6 is 11.6 Å². The first-order chi connectivity index (χ1) is 9.54. The number of nitrogens with one attached hydrogen (secondary N) is 1. The molecule has 1 amide bonds. The Balaban J connectivity index is 2.01. The van der Waals surface area contributed by atoms with Crippen molar-refractivity contribution in [2.24, 2.45) is 0 Å². The van der Waals surface area contributed by atoms with Gasteiger partial charge in [0, 0.05) is 0 Å². The minimum atomic E-state index is -0.742.